The first-order valence-electron chi connectivity index (χ1n) is 3.96. The maximum atomic E-state index is 12.8. The highest BCUT2D eigenvalue weighted by molar-refractivity contribution is 7.92. The van der Waals surface area contributed by atoms with Crippen molar-refractivity contribution in [1.29, 1.82) is 0 Å². The van der Waals surface area contributed by atoms with E-state index in [0.29, 0.717) is 0 Å². The number of rotatable bonds is 1. The standard InChI is InChI=1S/C6H8F5NO2S/c7-5(8,6(9,10)11)4-3-12-1-2-15(4,13)14/h4,12H,1-3H2. The number of alkyl halides is 5. The Balaban J connectivity index is 3.06. The smallest absolute Gasteiger partial charge is 0.314 e. The molecule has 90 valence electrons. The molecule has 0 amide bonds. The lowest BCUT2D eigenvalue weighted by Crippen LogP contribution is -2.58. The van der Waals surface area contributed by atoms with E-state index in [4.69, 9.17) is 0 Å². The summed E-state index contributed by atoms with van der Waals surface area (Å²) in [7, 11) is -4.40. The molecule has 1 N–H and O–H groups in total. The van der Waals surface area contributed by atoms with Crippen LogP contribution in [0.25, 0.3) is 0 Å². The zero-order valence-corrected chi connectivity index (χ0v) is 8.13. The fourth-order valence-corrected chi connectivity index (χ4v) is 2.92. The van der Waals surface area contributed by atoms with E-state index in [1.807, 2.05) is 0 Å². The minimum Gasteiger partial charge on any atom is -0.314 e. The molecule has 0 bridgehead atoms. The lowest BCUT2D eigenvalue weighted by molar-refractivity contribution is -0.281. The van der Waals surface area contributed by atoms with Crippen molar-refractivity contribution in [3.05, 3.63) is 0 Å². The first-order valence-corrected chi connectivity index (χ1v) is 5.67. The largest absolute Gasteiger partial charge is 0.454 e. The Bertz CT molecular complexity index is 336. The maximum Gasteiger partial charge on any atom is 0.454 e. The third-order valence-corrected chi connectivity index (χ3v) is 4.21. The van der Waals surface area contributed by atoms with Gasteiger partial charge in [-0.15, -0.1) is 0 Å². The Morgan fingerprint density at radius 3 is 2.07 bits per heavy atom. The lowest BCUT2D eigenvalue weighted by Gasteiger charge is -2.31. The highest BCUT2D eigenvalue weighted by Crippen LogP contribution is 2.41. The van der Waals surface area contributed by atoms with Crippen LogP contribution in [0.2, 0.25) is 0 Å². The van der Waals surface area contributed by atoms with Crippen LogP contribution in [0.5, 0.6) is 0 Å². The first-order chi connectivity index (χ1) is 6.59. The summed E-state index contributed by atoms with van der Waals surface area (Å²) in [5, 5.41) is -0.514. The Kier molecular flexibility index (Phi) is 2.99. The number of hydrogen-bond acceptors (Lipinski definition) is 3. The van der Waals surface area contributed by atoms with Gasteiger partial charge in [0.2, 0.25) is 0 Å². The van der Waals surface area contributed by atoms with E-state index < -0.39 is 39.5 Å². The van der Waals surface area contributed by atoms with E-state index in [1.165, 1.54) is 0 Å². The van der Waals surface area contributed by atoms with Gasteiger partial charge in [0.25, 0.3) is 0 Å². The quantitative estimate of drug-likeness (QED) is 0.695. The van der Waals surface area contributed by atoms with E-state index in [9.17, 15) is 30.4 Å². The Morgan fingerprint density at radius 2 is 1.67 bits per heavy atom. The molecule has 3 nitrogen and oxygen atoms in total. The van der Waals surface area contributed by atoms with Crippen molar-refractivity contribution in [1.82, 2.24) is 5.32 Å². The summed E-state index contributed by atoms with van der Waals surface area (Å²) in [6.07, 6.45) is -5.84. The van der Waals surface area contributed by atoms with Crippen LogP contribution in [0, 0.1) is 0 Å². The van der Waals surface area contributed by atoms with Gasteiger partial charge < -0.3 is 5.32 Å². The molecule has 1 rings (SSSR count). The molecule has 1 atom stereocenters. The summed E-state index contributed by atoms with van der Waals surface area (Å²) in [4.78, 5) is 0. The molecule has 0 aromatic rings. The number of sulfone groups is 1. The van der Waals surface area contributed by atoms with Gasteiger partial charge in [0.1, 0.15) is 5.25 Å². The molecule has 0 saturated carbocycles. The van der Waals surface area contributed by atoms with Crippen LogP contribution >= 0.6 is 0 Å². The van der Waals surface area contributed by atoms with Crippen LogP contribution in [-0.2, 0) is 9.84 Å². The molecule has 15 heavy (non-hydrogen) atoms. The van der Waals surface area contributed by atoms with Crippen molar-refractivity contribution >= 4 is 9.84 Å². The zero-order chi connectivity index (χ0) is 11.9. The predicted molar refractivity (Wildman–Crippen MR) is 41.4 cm³/mol. The summed E-state index contributed by atoms with van der Waals surface area (Å²) >= 11 is 0. The van der Waals surface area contributed by atoms with E-state index in [0.717, 1.165) is 0 Å². The molecule has 1 aliphatic heterocycles. The van der Waals surface area contributed by atoms with Crippen molar-refractivity contribution in [3.8, 4) is 0 Å². The summed E-state index contributed by atoms with van der Waals surface area (Å²) in [5.41, 5.74) is 0. The van der Waals surface area contributed by atoms with E-state index >= 15 is 0 Å². The zero-order valence-electron chi connectivity index (χ0n) is 7.31. The average molecular weight is 253 g/mol. The van der Waals surface area contributed by atoms with Crippen LogP contribution in [0.1, 0.15) is 0 Å². The molecule has 1 fully saturated rings. The van der Waals surface area contributed by atoms with E-state index in [-0.39, 0.29) is 6.54 Å². The summed E-state index contributed by atoms with van der Waals surface area (Å²) in [6, 6.07) is 0. The molecule has 0 aliphatic carbocycles. The Labute approximate surface area is 82.6 Å². The molecule has 1 aliphatic rings. The lowest BCUT2D eigenvalue weighted by atomic mass is 10.2. The molecular weight excluding hydrogens is 245 g/mol. The summed E-state index contributed by atoms with van der Waals surface area (Å²) in [5.74, 6) is -5.91. The molecular formula is C6H8F5NO2S. The highest BCUT2D eigenvalue weighted by Gasteiger charge is 2.66. The second kappa shape index (κ2) is 3.55. The monoisotopic (exact) mass is 253 g/mol. The molecule has 9 heteroatoms. The van der Waals surface area contributed by atoms with Gasteiger partial charge in [0.05, 0.1) is 5.75 Å². The van der Waals surface area contributed by atoms with Crippen molar-refractivity contribution < 1.29 is 30.4 Å². The van der Waals surface area contributed by atoms with Gasteiger partial charge in [-0.2, -0.15) is 22.0 Å². The molecule has 1 unspecified atom stereocenters. The fraction of sp³-hybridized carbons (Fsp3) is 1.00. The van der Waals surface area contributed by atoms with Crippen LogP contribution < -0.4 is 5.32 Å². The first kappa shape index (κ1) is 12.6. The van der Waals surface area contributed by atoms with Gasteiger partial charge in [0.15, 0.2) is 9.84 Å². The van der Waals surface area contributed by atoms with Crippen LogP contribution in [-0.4, -0.2) is 44.6 Å². The molecule has 0 aromatic heterocycles. The molecule has 1 saturated heterocycles. The van der Waals surface area contributed by atoms with Gasteiger partial charge in [-0.3, -0.25) is 0 Å². The fourth-order valence-electron chi connectivity index (χ4n) is 1.25. The normalized spacial score (nSPS) is 27.7. The van der Waals surface area contributed by atoms with Crippen LogP contribution in [0.4, 0.5) is 22.0 Å². The second-order valence-corrected chi connectivity index (χ2v) is 5.48. The van der Waals surface area contributed by atoms with Crippen LogP contribution in [0.15, 0.2) is 0 Å². The van der Waals surface area contributed by atoms with Crippen LogP contribution in [0.3, 0.4) is 0 Å². The van der Waals surface area contributed by atoms with Crippen molar-refractivity contribution in [2.24, 2.45) is 0 Å². The molecule has 0 radical (unpaired) electrons. The van der Waals surface area contributed by atoms with Gasteiger partial charge in [0, 0.05) is 13.1 Å². The van der Waals surface area contributed by atoms with Gasteiger partial charge in [-0.05, 0) is 0 Å². The third-order valence-electron chi connectivity index (χ3n) is 2.11. The Morgan fingerprint density at radius 1 is 1.13 bits per heavy atom. The van der Waals surface area contributed by atoms with Gasteiger partial charge in [-0.1, -0.05) is 0 Å². The second-order valence-electron chi connectivity index (χ2n) is 3.18. The van der Waals surface area contributed by atoms with Crippen molar-refractivity contribution in [3.63, 3.8) is 0 Å². The molecule has 1 heterocycles. The minimum atomic E-state index is -5.84. The maximum absolute atomic E-state index is 12.8. The molecule has 0 aromatic carbocycles. The average Bonchev–Trinajstić information content (AvgIpc) is 2.00. The van der Waals surface area contributed by atoms with E-state index in [2.05, 4.69) is 5.32 Å². The SMILES string of the molecule is O=S1(=O)CCNCC1C(F)(F)C(F)(F)F. The van der Waals surface area contributed by atoms with Gasteiger partial charge >= 0.3 is 12.1 Å². The van der Waals surface area contributed by atoms with Crippen molar-refractivity contribution in [2.75, 3.05) is 18.8 Å². The van der Waals surface area contributed by atoms with Gasteiger partial charge in [-0.25, -0.2) is 8.42 Å². The van der Waals surface area contributed by atoms with Crippen molar-refractivity contribution in [2.45, 2.75) is 17.3 Å². The highest BCUT2D eigenvalue weighted by atomic mass is 32.2. The Hall–Kier alpha value is -0.440. The van der Waals surface area contributed by atoms with E-state index in [1.54, 1.807) is 0 Å². The number of nitrogens with one attached hydrogen (secondary N) is 1. The molecule has 0 spiro atoms. The topological polar surface area (TPSA) is 46.2 Å². The summed E-state index contributed by atoms with van der Waals surface area (Å²) in [6.45, 7) is -0.985. The third kappa shape index (κ3) is 2.22. The minimum absolute atomic E-state index is 0.104. The number of halogens is 5. The number of hydrogen-bond donors (Lipinski definition) is 1. The summed E-state index contributed by atoms with van der Waals surface area (Å²) < 4.78 is 83.4. The predicted octanol–water partition coefficient (Wildman–Crippen LogP) is 0.571.